The van der Waals surface area contributed by atoms with Crippen molar-refractivity contribution in [2.24, 2.45) is 0 Å². The predicted octanol–water partition coefficient (Wildman–Crippen LogP) is 2.61. The van der Waals surface area contributed by atoms with Crippen molar-refractivity contribution >= 4 is 27.8 Å². The van der Waals surface area contributed by atoms with E-state index < -0.39 is 22.1 Å². The summed E-state index contributed by atoms with van der Waals surface area (Å²) in [5.74, 6) is 0. The lowest BCUT2D eigenvalue weighted by Gasteiger charge is -2.20. The number of rotatable bonds is 5. The number of hydrogen-bond acceptors (Lipinski definition) is 4. The fourth-order valence-corrected chi connectivity index (χ4v) is 2.79. The largest absolute Gasteiger partial charge is 0.339 e. The maximum atomic E-state index is 12.0. The highest BCUT2D eigenvalue weighted by molar-refractivity contribution is 7.88. The molecule has 23 heavy (non-hydrogen) atoms. The Hall–Kier alpha value is -2.09. The zero-order chi connectivity index (χ0) is 17.6. The second-order valence-electron chi connectivity index (χ2n) is 5.39. The number of nitrogens with zero attached hydrogens (tertiary/aromatic N) is 1. The topological polar surface area (TPSA) is 95.6 Å². The molecule has 0 saturated carbocycles. The number of unbranched alkanes of at least 4 members (excludes halogenated alkanes) is 1. The summed E-state index contributed by atoms with van der Waals surface area (Å²) in [5, 5.41) is 4.58. The van der Waals surface area contributed by atoms with E-state index in [0.717, 1.165) is 23.8 Å². The number of amides is 4. The Morgan fingerprint density at radius 2 is 1.87 bits per heavy atom. The lowest BCUT2D eigenvalue weighted by atomic mass is 10.1. The standard InChI is InChI=1S/C15H23N3O4S/c1-5-6-9-18(23(4,21)22)15(20)17-14(19)16-13-8-7-11(2)10-12(13)3/h7-8,10H,5-6,9H2,1-4H3,(H2,16,17,19,20). The molecule has 0 spiro atoms. The van der Waals surface area contributed by atoms with Crippen molar-refractivity contribution in [3.05, 3.63) is 29.3 Å². The first-order valence-corrected chi connectivity index (χ1v) is 9.17. The molecule has 0 saturated heterocycles. The Morgan fingerprint density at radius 1 is 1.22 bits per heavy atom. The summed E-state index contributed by atoms with van der Waals surface area (Å²) in [6.07, 6.45) is 2.19. The predicted molar refractivity (Wildman–Crippen MR) is 89.9 cm³/mol. The molecule has 128 valence electrons. The number of hydrogen-bond donors (Lipinski definition) is 2. The number of benzene rings is 1. The first-order chi connectivity index (χ1) is 10.6. The molecule has 4 amide bonds. The molecule has 1 aromatic rings. The van der Waals surface area contributed by atoms with E-state index in [-0.39, 0.29) is 6.54 Å². The van der Waals surface area contributed by atoms with Gasteiger partial charge in [-0.3, -0.25) is 5.32 Å². The molecule has 0 aliphatic rings. The van der Waals surface area contributed by atoms with E-state index >= 15 is 0 Å². The Balaban J connectivity index is 2.76. The summed E-state index contributed by atoms with van der Waals surface area (Å²) in [4.78, 5) is 23.9. The number of anilines is 1. The average Bonchev–Trinajstić information content (AvgIpc) is 2.40. The third-order valence-electron chi connectivity index (χ3n) is 3.19. The Kier molecular flexibility index (Phi) is 6.56. The monoisotopic (exact) mass is 341 g/mol. The van der Waals surface area contributed by atoms with Crippen LogP contribution >= 0.6 is 0 Å². The van der Waals surface area contributed by atoms with E-state index in [4.69, 9.17) is 0 Å². The number of carbonyl (C=O) groups is 2. The summed E-state index contributed by atoms with van der Waals surface area (Å²) in [6, 6.07) is 3.71. The van der Waals surface area contributed by atoms with Gasteiger partial charge < -0.3 is 5.32 Å². The van der Waals surface area contributed by atoms with Crippen molar-refractivity contribution in [1.29, 1.82) is 0 Å². The van der Waals surface area contributed by atoms with Gasteiger partial charge >= 0.3 is 12.1 Å². The van der Waals surface area contributed by atoms with Crippen LogP contribution in [0.3, 0.4) is 0 Å². The van der Waals surface area contributed by atoms with Crippen molar-refractivity contribution in [2.45, 2.75) is 33.6 Å². The van der Waals surface area contributed by atoms with Gasteiger partial charge in [0.1, 0.15) is 0 Å². The van der Waals surface area contributed by atoms with Crippen LogP contribution in [0, 0.1) is 13.8 Å². The number of sulfonamides is 1. The molecule has 1 aromatic carbocycles. The number of carbonyl (C=O) groups excluding carboxylic acids is 2. The van der Waals surface area contributed by atoms with Crippen LogP contribution in [0.15, 0.2) is 18.2 Å². The van der Waals surface area contributed by atoms with E-state index in [0.29, 0.717) is 16.4 Å². The van der Waals surface area contributed by atoms with Crippen LogP contribution in [0.4, 0.5) is 15.3 Å². The lowest BCUT2D eigenvalue weighted by molar-refractivity contribution is 0.219. The minimum atomic E-state index is -3.73. The quantitative estimate of drug-likeness (QED) is 0.860. The Labute approximate surface area is 137 Å². The van der Waals surface area contributed by atoms with E-state index in [9.17, 15) is 18.0 Å². The molecule has 8 heteroatoms. The zero-order valence-electron chi connectivity index (χ0n) is 13.8. The summed E-state index contributed by atoms with van der Waals surface area (Å²) in [7, 11) is -3.73. The molecular formula is C15H23N3O4S. The molecule has 0 atom stereocenters. The molecule has 0 aliphatic carbocycles. The molecule has 2 N–H and O–H groups in total. The minimum Gasteiger partial charge on any atom is -0.307 e. The van der Waals surface area contributed by atoms with Gasteiger partial charge in [0.05, 0.1) is 6.26 Å². The Morgan fingerprint density at radius 3 is 2.39 bits per heavy atom. The van der Waals surface area contributed by atoms with E-state index in [2.05, 4.69) is 5.32 Å². The molecule has 0 heterocycles. The van der Waals surface area contributed by atoms with Crippen molar-refractivity contribution in [2.75, 3.05) is 18.1 Å². The van der Waals surface area contributed by atoms with Gasteiger partial charge in [0, 0.05) is 12.2 Å². The van der Waals surface area contributed by atoms with Crippen molar-refractivity contribution in [3.63, 3.8) is 0 Å². The molecule has 7 nitrogen and oxygen atoms in total. The number of imide groups is 1. The van der Waals surface area contributed by atoms with Crippen LogP contribution in [0.2, 0.25) is 0 Å². The van der Waals surface area contributed by atoms with Crippen LogP contribution in [-0.2, 0) is 10.0 Å². The summed E-state index contributed by atoms with van der Waals surface area (Å²) in [6.45, 7) is 5.68. The van der Waals surface area contributed by atoms with Crippen LogP contribution in [0.5, 0.6) is 0 Å². The van der Waals surface area contributed by atoms with Gasteiger partial charge in [-0.1, -0.05) is 31.0 Å². The molecule has 0 aliphatic heterocycles. The third kappa shape index (κ3) is 5.90. The highest BCUT2D eigenvalue weighted by atomic mass is 32.2. The van der Waals surface area contributed by atoms with E-state index in [1.54, 1.807) is 6.07 Å². The van der Waals surface area contributed by atoms with Gasteiger partial charge in [-0.15, -0.1) is 0 Å². The first-order valence-electron chi connectivity index (χ1n) is 7.32. The second kappa shape index (κ2) is 7.96. The minimum absolute atomic E-state index is 0.0397. The van der Waals surface area contributed by atoms with Gasteiger partial charge in [-0.2, -0.15) is 0 Å². The van der Waals surface area contributed by atoms with E-state index in [1.807, 2.05) is 38.2 Å². The van der Waals surface area contributed by atoms with Crippen LogP contribution in [0.1, 0.15) is 30.9 Å². The summed E-state index contributed by atoms with van der Waals surface area (Å²) in [5.41, 5.74) is 2.45. The maximum Gasteiger partial charge on any atom is 0.339 e. The van der Waals surface area contributed by atoms with Crippen LogP contribution in [-0.4, -0.2) is 37.6 Å². The fraction of sp³-hybridized carbons (Fsp3) is 0.467. The van der Waals surface area contributed by atoms with Crippen molar-refractivity contribution in [3.8, 4) is 0 Å². The first kappa shape index (κ1) is 19.0. The molecule has 1 rings (SSSR count). The number of aryl methyl sites for hydroxylation is 2. The Bertz CT molecular complexity index is 686. The van der Waals surface area contributed by atoms with E-state index in [1.165, 1.54) is 0 Å². The zero-order valence-corrected chi connectivity index (χ0v) is 14.7. The van der Waals surface area contributed by atoms with Crippen LogP contribution in [0.25, 0.3) is 0 Å². The lowest BCUT2D eigenvalue weighted by Crippen LogP contribution is -2.47. The third-order valence-corrected chi connectivity index (χ3v) is 4.34. The second-order valence-corrected chi connectivity index (χ2v) is 7.30. The van der Waals surface area contributed by atoms with Gasteiger partial charge in [-0.25, -0.2) is 22.3 Å². The number of urea groups is 2. The van der Waals surface area contributed by atoms with Gasteiger partial charge in [-0.05, 0) is 31.9 Å². The molecule has 0 aromatic heterocycles. The average molecular weight is 341 g/mol. The number of nitrogens with one attached hydrogen (secondary N) is 2. The molecular weight excluding hydrogens is 318 g/mol. The SMILES string of the molecule is CCCCN(C(=O)NC(=O)Nc1ccc(C)cc1C)S(C)(=O)=O. The van der Waals surface area contributed by atoms with Crippen molar-refractivity contribution < 1.29 is 18.0 Å². The maximum absolute atomic E-state index is 12.0. The molecule has 0 unspecified atom stereocenters. The molecule has 0 bridgehead atoms. The van der Waals surface area contributed by atoms with Gasteiger partial charge in [0.25, 0.3) is 0 Å². The van der Waals surface area contributed by atoms with Gasteiger partial charge in [0.2, 0.25) is 10.0 Å². The van der Waals surface area contributed by atoms with Gasteiger partial charge in [0.15, 0.2) is 0 Å². The fourth-order valence-electron chi connectivity index (χ4n) is 1.99. The smallest absolute Gasteiger partial charge is 0.307 e. The van der Waals surface area contributed by atoms with Crippen LogP contribution < -0.4 is 10.6 Å². The highest BCUT2D eigenvalue weighted by Gasteiger charge is 2.24. The summed E-state index contributed by atoms with van der Waals surface area (Å²) < 4.78 is 24.0. The normalized spacial score (nSPS) is 11.0. The molecule has 0 fully saturated rings. The van der Waals surface area contributed by atoms with Crippen molar-refractivity contribution in [1.82, 2.24) is 9.62 Å². The highest BCUT2D eigenvalue weighted by Crippen LogP contribution is 2.15. The summed E-state index contributed by atoms with van der Waals surface area (Å²) >= 11 is 0. The molecule has 0 radical (unpaired) electrons.